The number of rotatable bonds is 3. The smallest absolute Gasteiger partial charge is 0.0833 e. The molecule has 0 aliphatic rings. The highest BCUT2D eigenvalue weighted by Gasteiger charge is 2.05. The lowest BCUT2D eigenvalue weighted by Gasteiger charge is -2.04. The zero-order chi connectivity index (χ0) is 9.97. The second-order valence-electron chi connectivity index (χ2n) is 3.25. The Bertz CT molecular complexity index is 456. The second kappa shape index (κ2) is 3.68. The third kappa shape index (κ3) is 1.34. The van der Waals surface area contributed by atoms with Gasteiger partial charge in [0.15, 0.2) is 0 Å². The number of fused-ring (bicyclic) bond motifs is 1. The Kier molecular flexibility index (Phi) is 2.37. The maximum atomic E-state index is 9.19. The molecule has 0 aliphatic heterocycles. The Balaban J connectivity index is 2.67. The van der Waals surface area contributed by atoms with E-state index in [-0.39, 0.29) is 6.61 Å². The number of para-hydroxylation sites is 1. The van der Waals surface area contributed by atoms with Crippen LogP contribution in [0.1, 0.15) is 5.69 Å². The molecule has 0 saturated heterocycles. The monoisotopic (exact) mass is 187 g/mol. The van der Waals surface area contributed by atoms with Gasteiger partial charge in [0.2, 0.25) is 0 Å². The van der Waals surface area contributed by atoms with Gasteiger partial charge in [-0.2, -0.15) is 0 Å². The molecule has 1 heterocycles. The summed E-state index contributed by atoms with van der Waals surface area (Å²) in [6.07, 6.45) is 1.84. The SMILES string of the molecule is C=CCn1c(CO)cc2ccccc21. The Morgan fingerprint density at radius 1 is 1.36 bits per heavy atom. The van der Waals surface area contributed by atoms with Crippen LogP contribution in [-0.2, 0) is 13.2 Å². The fourth-order valence-corrected chi connectivity index (χ4v) is 1.74. The zero-order valence-electron chi connectivity index (χ0n) is 7.98. The van der Waals surface area contributed by atoms with Gasteiger partial charge in [0.1, 0.15) is 0 Å². The first-order valence-corrected chi connectivity index (χ1v) is 4.65. The molecule has 0 saturated carbocycles. The number of benzene rings is 1. The molecule has 1 N–H and O–H groups in total. The molecule has 14 heavy (non-hydrogen) atoms. The maximum absolute atomic E-state index is 9.19. The number of aliphatic hydroxyl groups excluding tert-OH is 1. The molecule has 2 rings (SSSR count). The van der Waals surface area contributed by atoms with Crippen molar-refractivity contribution in [1.29, 1.82) is 0 Å². The molecule has 1 aromatic carbocycles. The summed E-state index contributed by atoms with van der Waals surface area (Å²) in [5, 5.41) is 10.4. The van der Waals surface area contributed by atoms with Crippen molar-refractivity contribution in [3.8, 4) is 0 Å². The Morgan fingerprint density at radius 3 is 2.86 bits per heavy atom. The van der Waals surface area contributed by atoms with Crippen LogP contribution in [-0.4, -0.2) is 9.67 Å². The standard InChI is InChI=1S/C12H13NO/c1-2-7-13-11(9-14)8-10-5-3-4-6-12(10)13/h2-6,8,14H,1,7,9H2. The molecule has 0 spiro atoms. The molecular formula is C12H13NO. The van der Waals surface area contributed by atoms with Crippen LogP contribution in [0.2, 0.25) is 0 Å². The predicted octanol–water partition coefficient (Wildman–Crippen LogP) is 2.32. The van der Waals surface area contributed by atoms with Gasteiger partial charge < -0.3 is 9.67 Å². The predicted molar refractivity (Wildman–Crippen MR) is 58.1 cm³/mol. The molecule has 2 heteroatoms. The van der Waals surface area contributed by atoms with Crippen molar-refractivity contribution in [2.45, 2.75) is 13.2 Å². The molecular weight excluding hydrogens is 174 g/mol. The first-order chi connectivity index (χ1) is 6.86. The lowest BCUT2D eigenvalue weighted by atomic mass is 10.2. The fraction of sp³-hybridized carbons (Fsp3) is 0.167. The second-order valence-corrected chi connectivity index (χ2v) is 3.25. The summed E-state index contributed by atoms with van der Waals surface area (Å²) in [4.78, 5) is 0. The van der Waals surface area contributed by atoms with E-state index < -0.39 is 0 Å². The van der Waals surface area contributed by atoms with Gasteiger partial charge in [-0.3, -0.25) is 0 Å². The molecule has 2 aromatic rings. The third-order valence-electron chi connectivity index (χ3n) is 2.37. The molecule has 2 nitrogen and oxygen atoms in total. The molecule has 1 aromatic heterocycles. The number of nitrogens with zero attached hydrogens (tertiary/aromatic N) is 1. The van der Waals surface area contributed by atoms with Crippen molar-refractivity contribution < 1.29 is 5.11 Å². The van der Waals surface area contributed by atoms with Gasteiger partial charge in [0, 0.05) is 17.8 Å². The summed E-state index contributed by atoms with van der Waals surface area (Å²) in [6, 6.07) is 10.1. The van der Waals surface area contributed by atoms with Crippen molar-refractivity contribution in [1.82, 2.24) is 4.57 Å². The lowest BCUT2D eigenvalue weighted by molar-refractivity contribution is 0.272. The highest BCUT2D eigenvalue weighted by Crippen LogP contribution is 2.19. The molecule has 0 atom stereocenters. The average molecular weight is 187 g/mol. The normalized spacial score (nSPS) is 10.6. The maximum Gasteiger partial charge on any atom is 0.0833 e. The van der Waals surface area contributed by atoms with Gasteiger partial charge >= 0.3 is 0 Å². The summed E-state index contributed by atoms with van der Waals surface area (Å²) < 4.78 is 2.07. The fourth-order valence-electron chi connectivity index (χ4n) is 1.74. The third-order valence-corrected chi connectivity index (χ3v) is 2.37. The van der Waals surface area contributed by atoms with E-state index in [4.69, 9.17) is 0 Å². The van der Waals surface area contributed by atoms with Crippen molar-refractivity contribution in [3.05, 3.63) is 48.7 Å². The van der Waals surface area contributed by atoms with E-state index in [1.54, 1.807) is 0 Å². The van der Waals surface area contributed by atoms with Crippen molar-refractivity contribution in [2.75, 3.05) is 0 Å². The van der Waals surface area contributed by atoms with Crippen LogP contribution in [0, 0.1) is 0 Å². The van der Waals surface area contributed by atoms with Crippen molar-refractivity contribution in [2.24, 2.45) is 0 Å². The van der Waals surface area contributed by atoms with E-state index in [1.165, 1.54) is 5.39 Å². The summed E-state index contributed by atoms with van der Waals surface area (Å²) >= 11 is 0. The van der Waals surface area contributed by atoms with Crippen LogP contribution in [0.4, 0.5) is 0 Å². The molecule has 0 fully saturated rings. The van der Waals surface area contributed by atoms with Crippen molar-refractivity contribution in [3.63, 3.8) is 0 Å². The van der Waals surface area contributed by atoms with Gasteiger partial charge in [0.05, 0.1) is 6.61 Å². The van der Waals surface area contributed by atoms with Crippen molar-refractivity contribution >= 4 is 10.9 Å². The number of hydrogen-bond donors (Lipinski definition) is 1. The average Bonchev–Trinajstić information content (AvgIpc) is 2.58. The molecule has 0 aliphatic carbocycles. The topological polar surface area (TPSA) is 25.2 Å². The Labute approximate surface area is 83.1 Å². The minimum atomic E-state index is 0.0719. The van der Waals surface area contributed by atoms with Crippen LogP contribution < -0.4 is 0 Å². The number of hydrogen-bond acceptors (Lipinski definition) is 1. The minimum Gasteiger partial charge on any atom is -0.390 e. The van der Waals surface area contributed by atoms with Crippen LogP contribution in [0.5, 0.6) is 0 Å². The molecule has 0 unspecified atom stereocenters. The molecule has 0 amide bonds. The van der Waals surface area contributed by atoms with E-state index in [2.05, 4.69) is 17.2 Å². The van der Waals surface area contributed by atoms with Crippen LogP contribution in [0.25, 0.3) is 10.9 Å². The van der Waals surface area contributed by atoms with Gasteiger partial charge in [-0.05, 0) is 17.5 Å². The van der Waals surface area contributed by atoms with E-state index in [0.717, 1.165) is 17.8 Å². The summed E-state index contributed by atoms with van der Waals surface area (Å²) in [5.74, 6) is 0. The van der Waals surface area contributed by atoms with Gasteiger partial charge in [0.25, 0.3) is 0 Å². The van der Waals surface area contributed by atoms with Gasteiger partial charge in [-0.25, -0.2) is 0 Å². The van der Waals surface area contributed by atoms with Crippen LogP contribution in [0.3, 0.4) is 0 Å². The summed E-state index contributed by atoms with van der Waals surface area (Å²) in [6.45, 7) is 4.53. The van der Waals surface area contributed by atoms with E-state index in [9.17, 15) is 5.11 Å². The summed E-state index contributed by atoms with van der Waals surface area (Å²) in [5.41, 5.74) is 2.09. The highest BCUT2D eigenvalue weighted by atomic mass is 16.3. The van der Waals surface area contributed by atoms with E-state index in [1.807, 2.05) is 30.3 Å². The zero-order valence-corrected chi connectivity index (χ0v) is 7.98. The quantitative estimate of drug-likeness (QED) is 0.733. The number of aliphatic hydroxyl groups is 1. The minimum absolute atomic E-state index is 0.0719. The van der Waals surface area contributed by atoms with E-state index >= 15 is 0 Å². The first-order valence-electron chi connectivity index (χ1n) is 4.65. The lowest BCUT2D eigenvalue weighted by Crippen LogP contribution is -2.00. The van der Waals surface area contributed by atoms with Crippen LogP contribution >= 0.6 is 0 Å². The number of aromatic nitrogens is 1. The molecule has 72 valence electrons. The van der Waals surface area contributed by atoms with Gasteiger partial charge in [-0.1, -0.05) is 24.3 Å². The van der Waals surface area contributed by atoms with Crippen LogP contribution in [0.15, 0.2) is 43.0 Å². The first kappa shape index (κ1) is 9.03. The van der Waals surface area contributed by atoms with Gasteiger partial charge in [-0.15, -0.1) is 6.58 Å². The highest BCUT2D eigenvalue weighted by molar-refractivity contribution is 5.81. The molecule has 0 bridgehead atoms. The van der Waals surface area contributed by atoms with E-state index in [0.29, 0.717) is 0 Å². The number of allylic oxidation sites excluding steroid dienone is 1. The Morgan fingerprint density at radius 2 is 2.14 bits per heavy atom. The molecule has 0 radical (unpaired) electrons. The summed E-state index contributed by atoms with van der Waals surface area (Å²) in [7, 11) is 0. The Hall–Kier alpha value is -1.54. The largest absolute Gasteiger partial charge is 0.390 e.